The van der Waals surface area contributed by atoms with Gasteiger partial charge in [-0.25, -0.2) is 9.78 Å². The number of rotatable bonds is 3. The van der Waals surface area contributed by atoms with Crippen LogP contribution in [-0.4, -0.2) is 46.0 Å². The summed E-state index contributed by atoms with van der Waals surface area (Å²) in [6.07, 6.45) is 0. The Labute approximate surface area is 200 Å². The van der Waals surface area contributed by atoms with E-state index < -0.39 is 0 Å². The number of nitrogens with zero attached hydrogens (tertiary/aromatic N) is 3. The predicted molar refractivity (Wildman–Crippen MR) is 135 cm³/mol. The fourth-order valence-corrected chi connectivity index (χ4v) is 4.70. The fraction of sp³-hybridized carbons (Fsp3) is 0.286. The number of nitrogens with one attached hydrogen (secondary N) is 1. The second kappa shape index (κ2) is 8.86. The van der Waals surface area contributed by atoms with Crippen LogP contribution in [0.2, 0.25) is 0 Å². The average molecular weight is 455 g/mol. The monoisotopic (exact) mass is 454 g/mol. The molecule has 2 amide bonds. The lowest BCUT2D eigenvalue weighted by Crippen LogP contribution is -2.42. The molecule has 6 heteroatoms. The van der Waals surface area contributed by atoms with E-state index >= 15 is 0 Å². The molecule has 0 aliphatic carbocycles. The molecule has 174 valence electrons. The minimum Gasteiger partial charge on any atom is -0.491 e. The minimum atomic E-state index is -0.0185. The number of fused-ring (bicyclic) bond motifs is 2. The maximum atomic E-state index is 13.4. The molecule has 6 nitrogen and oxygen atoms in total. The standard InChI is InChI=1S/C28H30N4O2/c1-18-14-23(22-10-11-25-26(16-22)30-20(3)29-25)15-24-17-32(12-13-34-27(18)24)28(33)31(4)19(2)21-8-6-5-7-9-21/h5-11,14-16,19H,12-13,17H2,1-4H3,(H,29,30). The number of aromatic amines is 1. The average Bonchev–Trinajstić information content (AvgIpc) is 3.08. The van der Waals surface area contributed by atoms with Gasteiger partial charge in [0.25, 0.3) is 0 Å². The summed E-state index contributed by atoms with van der Waals surface area (Å²) in [4.78, 5) is 25.0. The van der Waals surface area contributed by atoms with E-state index in [2.05, 4.69) is 60.2 Å². The zero-order valence-corrected chi connectivity index (χ0v) is 20.1. The van der Waals surface area contributed by atoms with Gasteiger partial charge in [-0.1, -0.05) is 36.4 Å². The Hall–Kier alpha value is -3.80. The Balaban J connectivity index is 1.43. The van der Waals surface area contributed by atoms with Gasteiger partial charge in [-0.3, -0.25) is 0 Å². The molecule has 1 aromatic heterocycles. The maximum absolute atomic E-state index is 13.4. The molecule has 1 aliphatic rings. The number of amides is 2. The molecule has 1 unspecified atom stereocenters. The number of H-pyrrole nitrogens is 1. The number of benzene rings is 3. The number of hydrogen-bond donors (Lipinski definition) is 1. The van der Waals surface area contributed by atoms with Crippen molar-refractivity contribution < 1.29 is 9.53 Å². The molecule has 0 saturated heterocycles. The van der Waals surface area contributed by atoms with Crippen LogP contribution in [0.15, 0.2) is 60.7 Å². The van der Waals surface area contributed by atoms with Crippen LogP contribution in [0.25, 0.3) is 22.2 Å². The Morgan fingerprint density at radius 2 is 1.88 bits per heavy atom. The van der Waals surface area contributed by atoms with Gasteiger partial charge in [-0.2, -0.15) is 0 Å². The third-order valence-electron chi connectivity index (χ3n) is 6.69. The first kappa shape index (κ1) is 22.0. The highest BCUT2D eigenvalue weighted by Crippen LogP contribution is 2.34. The quantitative estimate of drug-likeness (QED) is 0.422. The topological polar surface area (TPSA) is 61.5 Å². The normalized spacial score (nSPS) is 14.3. The van der Waals surface area contributed by atoms with E-state index in [0.29, 0.717) is 19.7 Å². The molecule has 3 aromatic carbocycles. The number of carbonyl (C=O) groups excluding carboxylic acids is 1. The van der Waals surface area contributed by atoms with E-state index in [1.165, 1.54) is 0 Å². The van der Waals surface area contributed by atoms with Crippen molar-refractivity contribution in [3.8, 4) is 16.9 Å². The number of aryl methyl sites for hydroxylation is 2. The number of imidazole rings is 1. The molecule has 4 aromatic rings. The van der Waals surface area contributed by atoms with Crippen molar-refractivity contribution in [2.45, 2.75) is 33.4 Å². The molecule has 0 radical (unpaired) electrons. The van der Waals surface area contributed by atoms with E-state index in [0.717, 1.165) is 50.4 Å². The summed E-state index contributed by atoms with van der Waals surface area (Å²) >= 11 is 0. The van der Waals surface area contributed by atoms with Crippen LogP contribution in [0.1, 0.15) is 35.5 Å². The maximum Gasteiger partial charge on any atom is 0.320 e. The van der Waals surface area contributed by atoms with Crippen molar-refractivity contribution in [3.05, 3.63) is 83.2 Å². The first-order valence-electron chi connectivity index (χ1n) is 11.7. The summed E-state index contributed by atoms with van der Waals surface area (Å²) in [7, 11) is 1.87. The largest absolute Gasteiger partial charge is 0.491 e. The van der Waals surface area contributed by atoms with E-state index in [-0.39, 0.29) is 12.1 Å². The molecule has 1 aliphatic heterocycles. The third kappa shape index (κ3) is 4.12. The summed E-state index contributed by atoms with van der Waals surface area (Å²) in [6, 6.07) is 20.7. The highest BCUT2D eigenvalue weighted by molar-refractivity contribution is 5.82. The van der Waals surface area contributed by atoms with Gasteiger partial charge in [0.05, 0.1) is 30.2 Å². The van der Waals surface area contributed by atoms with E-state index in [4.69, 9.17) is 4.74 Å². The fourth-order valence-electron chi connectivity index (χ4n) is 4.70. The summed E-state index contributed by atoms with van der Waals surface area (Å²) in [6.45, 7) is 7.64. The van der Waals surface area contributed by atoms with Gasteiger partial charge >= 0.3 is 6.03 Å². The van der Waals surface area contributed by atoms with Crippen LogP contribution < -0.4 is 4.74 Å². The smallest absolute Gasteiger partial charge is 0.320 e. The van der Waals surface area contributed by atoms with Crippen molar-refractivity contribution >= 4 is 17.1 Å². The zero-order valence-electron chi connectivity index (χ0n) is 20.1. The van der Waals surface area contributed by atoms with Crippen LogP contribution in [0.4, 0.5) is 4.79 Å². The van der Waals surface area contributed by atoms with Crippen molar-refractivity contribution in [3.63, 3.8) is 0 Å². The molecule has 1 atom stereocenters. The highest BCUT2D eigenvalue weighted by Gasteiger charge is 2.26. The summed E-state index contributed by atoms with van der Waals surface area (Å²) < 4.78 is 6.12. The van der Waals surface area contributed by atoms with Crippen molar-refractivity contribution in [2.75, 3.05) is 20.2 Å². The van der Waals surface area contributed by atoms with Crippen molar-refractivity contribution in [1.29, 1.82) is 0 Å². The zero-order chi connectivity index (χ0) is 23.8. The van der Waals surface area contributed by atoms with Gasteiger partial charge in [0, 0.05) is 12.6 Å². The van der Waals surface area contributed by atoms with Gasteiger partial charge < -0.3 is 19.5 Å². The van der Waals surface area contributed by atoms with Crippen molar-refractivity contribution in [2.24, 2.45) is 0 Å². The first-order valence-corrected chi connectivity index (χ1v) is 11.7. The first-order chi connectivity index (χ1) is 16.4. The molecule has 0 spiro atoms. The van der Waals surface area contributed by atoms with Crippen LogP contribution in [0.5, 0.6) is 5.75 Å². The van der Waals surface area contributed by atoms with Gasteiger partial charge in [-0.05, 0) is 67.3 Å². The SMILES string of the molecule is Cc1nc2ccc(-c3cc(C)c4c(c3)CN(C(=O)N(C)C(C)c3ccccc3)CCO4)cc2[nH]1. The summed E-state index contributed by atoms with van der Waals surface area (Å²) in [5.74, 6) is 1.79. The molecule has 2 heterocycles. The number of aromatic nitrogens is 2. The van der Waals surface area contributed by atoms with Gasteiger partial charge in [0.2, 0.25) is 0 Å². The van der Waals surface area contributed by atoms with E-state index in [1.54, 1.807) is 0 Å². The van der Waals surface area contributed by atoms with E-state index in [9.17, 15) is 4.79 Å². The number of ether oxygens (including phenoxy) is 1. The summed E-state index contributed by atoms with van der Waals surface area (Å²) in [5, 5.41) is 0. The van der Waals surface area contributed by atoms with Crippen LogP contribution in [-0.2, 0) is 6.54 Å². The Morgan fingerprint density at radius 3 is 2.68 bits per heavy atom. The molecule has 0 saturated carbocycles. The van der Waals surface area contributed by atoms with Crippen molar-refractivity contribution in [1.82, 2.24) is 19.8 Å². The van der Waals surface area contributed by atoms with Gasteiger partial charge in [0.15, 0.2) is 0 Å². The number of urea groups is 1. The lowest BCUT2D eigenvalue weighted by Gasteiger charge is -2.31. The Bertz CT molecular complexity index is 1350. The third-order valence-corrected chi connectivity index (χ3v) is 6.69. The predicted octanol–water partition coefficient (Wildman–Crippen LogP) is 5.85. The summed E-state index contributed by atoms with van der Waals surface area (Å²) in [5.41, 5.74) is 7.42. The number of carbonyl (C=O) groups is 1. The molecule has 1 N–H and O–H groups in total. The van der Waals surface area contributed by atoms with E-state index in [1.807, 2.05) is 48.0 Å². The molecule has 34 heavy (non-hydrogen) atoms. The van der Waals surface area contributed by atoms with Crippen LogP contribution in [0, 0.1) is 13.8 Å². The number of hydrogen-bond acceptors (Lipinski definition) is 3. The Morgan fingerprint density at radius 1 is 1.09 bits per heavy atom. The molecule has 0 bridgehead atoms. The molecule has 0 fully saturated rings. The Kier molecular flexibility index (Phi) is 5.74. The lowest BCUT2D eigenvalue weighted by molar-refractivity contribution is 0.142. The highest BCUT2D eigenvalue weighted by atomic mass is 16.5. The lowest BCUT2D eigenvalue weighted by atomic mass is 9.98. The minimum absolute atomic E-state index is 0.00483. The molecular weight excluding hydrogens is 424 g/mol. The van der Waals surface area contributed by atoms with Gasteiger partial charge in [-0.15, -0.1) is 0 Å². The second-order valence-corrected chi connectivity index (χ2v) is 9.09. The second-order valence-electron chi connectivity index (χ2n) is 9.09. The van der Waals surface area contributed by atoms with Gasteiger partial charge in [0.1, 0.15) is 18.2 Å². The molecular formula is C28H30N4O2. The van der Waals surface area contributed by atoms with Crippen LogP contribution in [0.3, 0.4) is 0 Å². The molecule has 5 rings (SSSR count). The van der Waals surface area contributed by atoms with Crippen LogP contribution >= 0.6 is 0 Å².